The fraction of sp³-hybridized carbons (Fsp3) is 0.333. The maximum absolute atomic E-state index is 14.3. The summed E-state index contributed by atoms with van der Waals surface area (Å²) in [6.45, 7) is 1.55. The molecule has 1 aliphatic heterocycles. The summed E-state index contributed by atoms with van der Waals surface area (Å²) in [5.74, 6) is 0. The van der Waals surface area contributed by atoms with Crippen molar-refractivity contribution in [2.45, 2.75) is 37.0 Å². The number of halogens is 9. The molecule has 1 aliphatic rings. The van der Waals surface area contributed by atoms with Crippen LogP contribution in [0.1, 0.15) is 27.8 Å². The van der Waals surface area contributed by atoms with Crippen molar-refractivity contribution < 1.29 is 30.7 Å². The minimum absolute atomic E-state index is 0.0163. The lowest BCUT2D eigenvalue weighted by molar-refractivity contribution is -0.348. The summed E-state index contributed by atoms with van der Waals surface area (Å²) in [6, 6.07) is 7.13. The number of aryl methyl sites for hydroxylation is 1. The van der Waals surface area contributed by atoms with Crippen molar-refractivity contribution in [3.63, 3.8) is 0 Å². The Morgan fingerprint density at radius 2 is 1.57 bits per heavy atom. The highest BCUT2D eigenvalue weighted by Gasteiger charge is 2.73. The Labute approximate surface area is 165 Å². The predicted molar refractivity (Wildman–Crippen MR) is 92.3 cm³/mol. The molecular formula is C18H12Cl2F7N. The average Bonchev–Trinajstić information content (AvgIpc) is 2.90. The number of alkyl halides is 8. The van der Waals surface area contributed by atoms with Crippen LogP contribution in [-0.2, 0) is 12.2 Å². The van der Waals surface area contributed by atoms with Crippen LogP contribution in [0, 0.1) is 6.92 Å². The van der Waals surface area contributed by atoms with Crippen molar-refractivity contribution >= 4 is 28.9 Å². The Kier molecular flexibility index (Phi) is 5.03. The lowest BCUT2D eigenvalue weighted by Gasteiger charge is -2.31. The second-order valence-corrected chi connectivity index (χ2v) is 7.25. The highest BCUT2D eigenvalue weighted by Crippen LogP contribution is 2.54. The van der Waals surface area contributed by atoms with E-state index < -0.39 is 29.1 Å². The molecule has 0 saturated heterocycles. The molecule has 0 N–H and O–H groups in total. The topological polar surface area (TPSA) is 3.24 Å². The van der Waals surface area contributed by atoms with Crippen LogP contribution < -0.4 is 4.90 Å². The molecular weight excluding hydrogens is 434 g/mol. The van der Waals surface area contributed by atoms with Gasteiger partial charge < -0.3 is 4.90 Å². The highest BCUT2D eigenvalue weighted by molar-refractivity contribution is 6.33. The molecule has 2 aromatic rings. The molecule has 1 unspecified atom stereocenters. The van der Waals surface area contributed by atoms with Crippen LogP contribution in [-0.4, -0.2) is 12.4 Å². The first kappa shape index (κ1) is 21.0. The van der Waals surface area contributed by atoms with E-state index in [4.69, 9.17) is 23.2 Å². The number of anilines is 1. The molecule has 152 valence electrons. The zero-order valence-electron chi connectivity index (χ0n) is 14.1. The molecule has 3 rings (SSSR count). The van der Waals surface area contributed by atoms with E-state index in [1.54, 1.807) is 23.1 Å². The van der Waals surface area contributed by atoms with Crippen LogP contribution in [0.4, 0.5) is 36.4 Å². The average molecular weight is 446 g/mol. The molecule has 0 spiro atoms. The van der Waals surface area contributed by atoms with Crippen LogP contribution in [0.3, 0.4) is 0 Å². The van der Waals surface area contributed by atoms with Gasteiger partial charge in [-0.2, -0.15) is 26.3 Å². The van der Waals surface area contributed by atoms with Gasteiger partial charge >= 0.3 is 18.0 Å². The third kappa shape index (κ3) is 3.10. The van der Waals surface area contributed by atoms with Crippen LogP contribution in [0.2, 0.25) is 5.02 Å². The second kappa shape index (κ2) is 6.69. The summed E-state index contributed by atoms with van der Waals surface area (Å²) in [6.07, 6.45) is -12.3. The molecule has 0 aromatic heterocycles. The van der Waals surface area contributed by atoms with Gasteiger partial charge in [-0.15, -0.1) is 0 Å². The molecule has 0 aliphatic carbocycles. The second-order valence-electron chi connectivity index (χ2n) is 6.43. The first-order valence-corrected chi connectivity index (χ1v) is 8.72. The van der Waals surface area contributed by atoms with Gasteiger partial charge in [0.2, 0.25) is 0 Å². The fourth-order valence-corrected chi connectivity index (χ4v) is 4.08. The van der Waals surface area contributed by atoms with Crippen molar-refractivity contribution in [2.24, 2.45) is 0 Å². The zero-order chi connectivity index (χ0) is 21.1. The van der Waals surface area contributed by atoms with Crippen LogP contribution in [0.5, 0.6) is 0 Å². The van der Waals surface area contributed by atoms with E-state index >= 15 is 0 Å². The molecule has 0 amide bonds. The maximum Gasteiger partial charge on any atom is 0.435 e. The maximum atomic E-state index is 14.3. The minimum atomic E-state index is -6.16. The molecule has 10 heteroatoms. The Balaban J connectivity index is 2.04. The standard InChI is InChI=1S/C18H12Cl2F7N/c1-9-7-11(16(21,17(22,23)24)18(25,26)27)5-6-13(9)28-8-10-3-2-4-12(19)14(10)15(28)20/h2-7,15H,8H2,1H3. The summed E-state index contributed by atoms with van der Waals surface area (Å²) >= 11 is 12.5. The highest BCUT2D eigenvalue weighted by atomic mass is 35.5. The number of hydrogen-bond donors (Lipinski definition) is 0. The summed E-state index contributed by atoms with van der Waals surface area (Å²) in [5, 5.41) is 0.395. The van der Waals surface area contributed by atoms with E-state index in [1.807, 2.05) is 0 Å². The number of hydrogen-bond acceptors (Lipinski definition) is 1. The van der Waals surface area contributed by atoms with E-state index in [-0.39, 0.29) is 17.8 Å². The smallest absolute Gasteiger partial charge is 0.347 e. The van der Waals surface area contributed by atoms with E-state index in [0.29, 0.717) is 22.7 Å². The zero-order valence-corrected chi connectivity index (χ0v) is 15.6. The Morgan fingerprint density at radius 3 is 2.07 bits per heavy atom. The van der Waals surface area contributed by atoms with Crippen molar-refractivity contribution in [3.05, 3.63) is 63.7 Å². The van der Waals surface area contributed by atoms with Crippen molar-refractivity contribution in [1.82, 2.24) is 0 Å². The van der Waals surface area contributed by atoms with Gasteiger partial charge in [0.05, 0.1) is 0 Å². The van der Waals surface area contributed by atoms with Gasteiger partial charge in [-0.1, -0.05) is 47.5 Å². The van der Waals surface area contributed by atoms with Crippen LogP contribution >= 0.6 is 23.2 Å². The number of nitrogens with zero attached hydrogens (tertiary/aromatic N) is 1. The molecule has 0 bridgehead atoms. The summed E-state index contributed by atoms with van der Waals surface area (Å²) < 4.78 is 92.0. The molecule has 1 heterocycles. The predicted octanol–water partition coefficient (Wildman–Crippen LogP) is 7.20. The largest absolute Gasteiger partial charge is 0.435 e. The minimum Gasteiger partial charge on any atom is -0.347 e. The van der Waals surface area contributed by atoms with Crippen LogP contribution in [0.25, 0.3) is 0 Å². The molecule has 28 heavy (non-hydrogen) atoms. The third-order valence-electron chi connectivity index (χ3n) is 4.68. The molecule has 0 radical (unpaired) electrons. The molecule has 2 aromatic carbocycles. The summed E-state index contributed by atoms with van der Waals surface area (Å²) in [5.41, 5.74) is -6.09. The first-order valence-electron chi connectivity index (χ1n) is 7.90. The van der Waals surface area contributed by atoms with Crippen molar-refractivity contribution in [3.8, 4) is 0 Å². The summed E-state index contributed by atoms with van der Waals surface area (Å²) in [7, 11) is 0. The normalized spacial score (nSPS) is 17.8. The molecule has 0 fully saturated rings. The Hall–Kier alpha value is -1.67. The Bertz CT molecular complexity index is 894. The van der Waals surface area contributed by atoms with Gasteiger partial charge in [0.1, 0.15) is 5.50 Å². The number of benzene rings is 2. The monoisotopic (exact) mass is 445 g/mol. The molecule has 1 atom stereocenters. The number of rotatable bonds is 2. The van der Waals surface area contributed by atoms with Crippen molar-refractivity contribution in [1.29, 1.82) is 0 Å². The lowest BCUT2D eigenvalue weighted by Crippen LogP contribution is -2.50. The van der Waals surface area contributed by atoms with Gasteiger partial charge in [0, 0.05) is 28.4 Å². The van der Waals surface area contributed by atoms with Crippen LogP contribution in [0.15, 0.2) is 36.4 Å². The van der Waals surface area contributed by atoms with E-state index in [0.717, 1.165) is 11.6 Å². The fourth-order valence-electron chi connectivity index (χ4n) is 3.29. The van der Waals surface area contributed by atoms with Gasteiger partial charge in [0.25, 0.3) is 0 Å². The van der Waals surface area contributed by atoms with Gasteiger partial charge in [-0.05, 0) is 30.2 Å². The van der Waals surface area contributed by atoms with Gasteiger partial charge in [-0.25, -0.2) is 4.39 Å². The van der Waals surface area contributed by atoms with E-state index in [2.05, 4.69) is 0 Å². The van der Waals surface area contributed by atoms with Gasteiger partial charge in [-0.3, -0.25) is 0 Å². The number of fused-ring (bicyclic) bond motifs is 1. The Morgan fingerprint density at radius 1 is 0.964 bits per heavy atom. The summed E-state index contributed by atoms with van der Waals surface area (Å²) in [4.78, 5) is 1.57. The van der Waals surface area contributed by atoms with E-state index in [1.165, 1.54) is 6.92 Å². The van der Waals surface area contributed by atoms with Gasteiger partial charge in [0.15, 0.2) is 0 Å². The molecule has 1 nitrogen and oxygen atoms in total. The first-order chi connectivity index (χ1) is 12.8. The molecule has 0 saturated carbocycles. The van der Waals surface area contributed by atoms with E-state index in [9.17, 15) is 30.7 Å². The quantitative estimate of drug-likeness (QED) is 0.268. The third-order valence-corrected chi connectivity index (χ3v) is 5.46. The van der Waals surface area contributed by atoms with Crippen molar-refractivity contribution in [2.75, 3.05) is 4.90 Å². The lowest BCUT2D eigenvalue weighted by atomic mass is 9.92. The SMILES string of the molecule is Cc1cc(C(F)(C(F)(F)F)C(F)(F)F)ccc1N1Cc2cccc(Cl)c2C1Cl.